The third-order valence-electron chi connectivity index (χ3n) is 1.87. The van der Waals surface area contributed by atoms with Gasteiger partial charge in [0.05, 0.1) is 22.8 Å². The number of ether oxygens (including phenoxy) is 1. The Balaban J connectivity index is 3.45. The fraction of sp³-hybridized carbons (Fsp3) is 0.273. The van der Waals surface area contributed by atoms with E-state index >= 15 is 0 Å². The molecular formula is C11H10ClNO2. The maximum Gasteiger partial charge on any atom is 0.164 e. The fourth-order valence-corrected chi connectivity index (χ4v) is 1.50. The summed E-state index contributed by atoms with van der Waals surface area (Å²) in [6, 6.07) is 5.01. The van der Waals surface area contributed by atoms with Gasteiger partial charge in [0.2, 0.25) is 0 Å². The van der Waals surface area contributed by atoms with Crippen LogP contribution < -0.4 is 4.74 Å². The predicted octanol–water partition coefficient (Wildman–Crippen LogP) is 2.81. The monoisotopic (exact) mass is 223 g/mol. The molecule has 0 heterocycles. The van der Waals surface area contributed by atoms with Crippen molar-refractivity contribution >= 4 is 17.4 Å². The second-order valence-corrected chi connectivity index (χ2v) is 3.31. The zero-order valence-electron chi connectivity index (χ0n) is 8.50. The number of hydrogen-bond donors (Lipinski definition) is 0. The summed E-state index contributed by atoms with van der Waals surface area (Å²) in [5, 5.41) is 9.20. The number of benzene rings is 1. The second kappa shape index (κ2) is 4.81. The first-order chi connectivity index (χ1) is 7.11. The molecular weight excluding hydrogens is 214 g/mol. The van der Waals surface area contributed by atoms with Gasteiger partial charge in [-0.1, -0.05) is 11.6 Å². The molecule has 78 valence electrons. The molecule has 0 aliphatic carbocycles. The first kappa shape index (κ1) is 11.5. The number of carbonyl (C=O) groups is 1. The Bertz CT molecular complexity index is 435. The number of nitrogens with zero attached hydrogens (tertiary/aromatic N) is 1. The van der Waals surface area contributed by atoms with Crippen molar-refractivity contribution in [3.8, 4) is 11.8 Å². The lowest BCUT2D eigenvalue weighted by molar-refractivity contribution is 0.101. The van der Waals surface area contributed by atoms with E-state index in [2.05, 4.69) is 0 Å². The number of hydrogen-bond acceptors (Lipinski definition) is 3. The van der Waals surface area contributed by atoms with Crippen LogP contribution in [0.15, 0.2) is 12.1 Å². The molecule has 0 fully saturated rings. The van der Waals surface area contributed by atoms with Crippen LogP contribution in [0.3, 0.4) is 0 Å². The van der Waals surface area contributed by atoms with Gasteiger partial charge in [-0.3, -0.25) is 4.79 Å². The van der Waals surface area contributed by atoms with Crippen molar-refractivity contribution in [1.29, 1.82) is 5.26 Å². The van der Waals surface area contributed by atoms with Gasteiger partial charge in [0, 0.05) is 0 Å². The summed E-state index contributed by atoms with van der Waals surface area (Å²) < 4.78 is 5.27. The molecule has 3 nitrogen and oxygen atoms in total. The van der Waals surface area contributed by atoms with Crippen molar-refractivity contribution in [1.82, 2.24) is 0 Å². The van der Waals surface area contributed by atoms with Crippen molar-refractivity contribution in [2.24, 2.45) is 0 Å². The lowest BCUT2D eigenvalue weighted by Gasteiger charge is -2.10. The summed E-state index contributed by atoms with van der Waals surface area (Å²) in [7, 11) is 0. The molecule has 0 spiro atoms. The molecule has 0 amide bonds. The number of rotatable bonds is 3. The number of Topliss-reactive ketones (excluding diaryl/α,β-unsaturated/α-hetero) is 1. The average molecular weight is 224 g/mol. The van der Waals surface area contributed by atoms with E-state index in [0.717, 1.165) is 0 Å². The quantitative estimate of drug-likeness (QED) is 0.741. The fourth-order valence-electron chi connectivity index (χ4n) is 1.29. The summed E-state index contributed by atoms with van der Waals surface area (Å²) >= 11 is 5.89. The minimum atomic E-state index is -0.225. The zero-order chi connectivity index (χ0) is 11.4. The number of carbonyl (C=O) groups excluding carboxylic acids is 1. The Morgan fingerprint density at radius 2 is 2.27 bits per heavy atom. The molecule has 1 aromatic rings. The van der Waals surface area contributed by atoms with E-state index in [1.807, 2.05) is 6.07 Å². The van der Waals surface area contributed by atoms with Gasteiger partial charge in [-0.2, -0.15) is 5.26 Å². The molecule has 1 aromatic carbocycles. The van der Waals surface area contributed by atoms with Crippen LogP contribution in [0.1, 0.15) is 29.8 Å². The van der Waals surface area contributed by atoms with Gasteiger partial charge in [0.1, 0.15) is 11.8 Å². The van der Waals surface area contributed by atoms with Crippen LogP contribution in [0.4, 0.5) is 0 Å². The Morgan fingerprint density at radius 3 is 2.73 bits per heavy atom. The van der Waals surface area contributed by atoms with Crippen molar-refractivity contribution in [2.75, 3.05) is 6.61 Å². The van der Waals surface area contributed by atoms with Gasteiger partial charge in [0.25, 0.3) is 0 Å². The highest BCUT2D eigenvalue weighted by atomic mass is 35.5. The minimum absolute atomic E-state index is 0.225. The van der Waals surface area contributed by atoms with E-state index in [-0.39, 0.29) is 16.9 Å². The van der Waals surface area contributed by atoms with Crippen molar-refractivity contribution in [2.45, 2.75) is 13.8 Å². The lowest BCUT2D eigenvalue weighted by atomic mass is 10.0. The Hall–Kier alpha value is -1.53. The molecule has 1 rings (SSSR count). The van der Waals surface area contributed by atoms with E-state index in [0.29, 0.717) is 17.4 Å². The molecule has 0 saturated carbocycles. The predicted molar refractivity (Wildman–Crippen MR) is 57.3 cm³/mol. The van der Waals surface area contributed by atoms with Gasteiger partial charge in [-0.15, -0.1) is 0 Å². The second-order valence-electron chi connectivity index (χ2n) is 2.90. The van der Waals surface area contributed by atoms with Crippen LogP contribution in [0, 0.1) is 11.3 Å². The summed E-state index contributed by atoms with van der Waals surface area (Å²) in [4.78, 5) is 11.4. The maximum atomic E-state index is 11.4. The number of halogens is 1. The third kappa shape index (κ3) is 2.28. The molecule has 0 saturated heterocycles. The van der Waals surface area contributed by atoms with Crippen LogP contribution in [-0.4, -0.2) is 12.4 Å². The van der Waals surface area contributed by atoms with E-state index in [9.17, 15) is 4.79 Å². The van der Waals surface area contributed by atoms with E-state index in [1.165, 1.54) is 13.0 Å². The molecule has 0 unspecified atom stereocenters. The maximum absolute atomic E-state index is 11.4. The summed E-state index contributed by atoms with van der Waals surface area (Å²) in [6.45, 7) is 3.57. The Labute approximate surface area is 93.2 Å². The number of ketones is 1. The lowest BCUT2D eigenvalue weighted by Crippen LogP contribution is -2.04. The number of nitriles is 1. The molecule has 0 aliphatic heterocycles. The zero-order valence-corrected chi connectivity index (χ0v) is 9.26. The van der Waals surface area contributed by atoms with Gasteiger partial charge in [0.15, 0.2) is 5.78 Å². The first-order valence-electron chi connectivity index (χ1n) is 4.48. The largest absolute Gasteiger partial charge is 0.492 e. The molecule has 0 aromatic heterocycles. The highest BCUT2D eigenvalue weighted by molar-refractivity contribution is 6.32. The summed E-state index contributed by atoms with van der Waals surface area (Å²) in [5.41, 5.74) is 0.544. The molecule has 0 N–H and O–H groups in total. The van der Waals surface area contributed by atoms with Gasteiger partial charge >= 0.3 is 0 Å². The molecule has 0 atom stereocenters. The smallest absolute Gasteiger partial charge is 0.164 e. The van der Waals surface area contributed by atoms with Gasteiger partial charge < -0.3 is 4.74 Å². The standard InChI is InChI=1S/C11H10ClNO2/c1-3-15-11-9(12)5-4-8(6-13)10(11)7(2)14/h4-5H,3H2,1-2H3. The van der Waals surface area contributed by atoms with Crippen LogP contribution in [0.2, 0.25) is 5.02 Å². The van der Waals surface area contributed by atoms with Crippen LogP contribution in [-0.2, 0) is 0 Å². The normalized spacial score (nSPS) is 9.47. The Kier molecular flexibility index (Phi) is 3.70. The van der Waals surface area contributed by atoms with Crippen molar-refractivity contribution < 1.29 is 9.53 Å². The summed E-state index contributed by atoms with van der Waals surface area (Å²) in [5.74, 6) is 0.0724. The van der Waals surface area contributed by atoms with E-state index in [1.54, 1.807) is 13.0 Å². The molecule has 0 aliphatic rings. The summed E-state index contributed by atoms with van der Waals surface area (Å²) in [6.07, 6.45) is 0. The third-order valence-corrected chi connectivity index (χ3v) is 2.17. The minimum Gasteiger partial charge on any atom is -0.492 e. The molecule has 0 radical (unpaired) electrons. The highest BCUT2D eigenvalue weighted by Crippen LogP contribution is 2.31. The van der Waals surface area contributed by atoms with Crippen LogP contribution in [0.25, 0.3) is 0 Å². The van der Waals surface area contributed by atoms with Crippen LogP contribution in [0.5, 0.6) is 5.75 Å². The topological polar surface area (TPSA) is 50.1 Å². The Morgan fingerprint density at radius 1 is 1.60 bits per heavy atom. The van der Waals surface area contributed by atoms with Crippen molar-refractivity contribution in [3.63, 3.8) is 0 Å². The van der Waals surface area contributed by atoms with Crippen LogP contribution >= 0.6 is 11.6 Å². The molecule has 15 heavy (non-hydrogen) atoms. The first-order valence-corrected chi connectivity index (χ1v) is 4.86. The van der Waals surface area contributed by atoms with Gasteiger partial charge in [-0.05, 0) is 26.0 Å². The molecule has 4 heteroatoms. The van der Waals surface area contributed by atoms with E-state index < -0.39 is 0 Å². The SMILES string of the molecule is CCOc1c(Cl)ccc(C#N)c1C(C)=O. The van der Waals surface area contributed by atoms with Crippen molar-refractivity contribution in [3.05, 3.63) is 28.3 Å². The highest BCUT2D eigenvalue weighted by Gasteiger charge is 2.17. The molecule has 0 bridgehead atoms. The van der Waals surface area contributed by atoms with Gasteiger partial charge in [-0.25, -0.2) is 0 Å². The van der Waals surface area contributed by atoms with E-state index in [4.69, 9.17) is 21.6 Å². The average Bonchev–Trinajstić information content (AvgIpc) is 2.20.